The molecule has 0 saturated carbocycles. The van der Waals surface area contributed by atoms with Crippen molar-refractivity contribution in [1.29, 1.82) is 0 Å². The molecule has 0 atom stereocenters. The Morgan fingerprint density at radius 3 is 2.64 bits per heavy atom. The van der Waals surface area contributed by atoms with E-state index in [1.54, 1.807) is 18.2 Å². The van der Waals surface area contributed by atoms with Crippen LogP contribution < -0.4 is 5.32 Å². The van der Waals surface area contributed by atoms with Crippen LogP contribution in [0.25, 0.3) is 11.0 Å². The zero-order valence-corrected chi connectivity index (χ0v) is 11.7. The van der Waals surface area contributed by atoms with Crippen LogP contribution in [0.4, 0.5) is 4.39 Å². The first-order valence-corrected chi connectivity index (χ1v) is 6.83. The van der Waals surface area contributed by atoms with Gasteiger partial charge in [0.25, 0.3) is 5.91 Å². The van der Waals surface area contributed by atoms with Crippen LogP contribution in [-0.2, 0) is 13.2 Å². The van der Waals surface area contributed by atoms with E-state index in [1.165, 1.54) is 12.1 Å². The van der Waals surface area contributed by atoms with Crippen LogP contribution in [0, 0.1) is 5.82 Å². The van der Waals surface area contributed by atoms with Gasteiger partial charge in [-0.25, -0.2) is 4.39 Å². The number of hydrogen-bond donors (Lipinski definition) is 2. The summed E-state index contributed by atoms with van der Waals surface area (Å²) in [6, 6.07) is 13.3. The minimum absolute atomic E-state index is 0.0570. The second-order valence-electron chi connectivity index (χ2n) is 4.88. The highest BCUT2D eigenvalue weighted by atomic mass is 19.1. The fourth-order valence-electron chi connectivity index (χ4n) is 2.29. The molecule has 5 heteroatoms. The number of nitrogens with one attached hydrogen (secondary N) is 1. The molecule has 0 fully saturated rings. The summed E-state index contributed by atoms with van der Waals surface area (Å²) in [5.41, 5.74) is 1.64. The van der Waals surface area contributed by atoms with E-state index in [0.717, 1.165) is 11.1 Å². The highest BCUT2D eigenvalue weighted by molar-refractivity contribution is 5.96. The van der Waals surface area contributed by atoms with E-state index in [4.69, 9.17) is 4.42 Å². The Bertz CT molecular complexity index is 826. The molecule has 4 nitrogen and oxygen atoms in total. The highest BCUT2D eigenvalue weighted by Crippen LogP contribution is 2.22. The molecule has 1 amide bonds. The third-order valence-electron chi connectivity index (χ3n) is 3.45. The van der Waals surface area contributed by atoms with Crippen molar-refractivity contribution in [3.8, 4) is 0 Å². The average Bonchev–Trinajstić information content (AvgIpc) is 2.98. The number of para-hydroxylation sites is 1. The smallest absolute Gasteiger partial charge is 0.287 e. The van der Waals surface area contributed by atoms with Crippen LogP contribution in [0.2, 0.25) is 0 Å². The third kappa shape index (κ3) is 2.71. The van der Waals surface area contributed by atoms with Gasteiger partial charge in [0.05, 0.1) is 6.61 Å². The fraction of sp³-hybridized carbons (Fsp3) is 0.118. The molecule has 0 unspecified atom stereocenters. The zero-order chi connectivity index (χ0) is 15.5. The highest BCUT2D eigenvalue weighted by Gasteiger charge is 2.14. The summed E-state index contributed by atoms with van der Waals surface area (Å²) in [6.07, 6.45) is 0. The van der Waals surface area contributed by atoms with Crippen LogP contribution in [0.15, 0.2) is 52.9 Å². The van der Waals surface area contributed by atoms with E-state index < -0.39 is 11.7 Å². The molecule has 0 aliphatic rings. The van der Waals surface area contributed by atoms with Gasteiger partial charge in [0, 0.05) is 11.9 Å². The van der Waals surface area contributed by atoms with E-state index in [-0.39, 0.29) is 24.5 Å². The normalized spacial score (nSPS) is 10.8. The molecule has 0 radical (unpaired) electrons. The quantitative estimate of drug-likeness (QED) is 0.778. The van der Waals surface area contributed by atoms with Crippen LogP contribution in [0.1, 0.15) is 21.7 Å². The minimum atomic E-state index is -0.498. The summed E-state index contributed by atoms with van der Waals surface area (Å²) in [7, 11) is 0. The molecule has 112 valence electrons. The van der Waals surface area contributed by atoms with E-state index >= 15 is 0 Å². The Hall–Kier alpha value is -2.66. The van der Waals surface area contributed by atoms with Gasteiger partial charge in [-0.1, -0.05) is 36.4 Å². The Morgan fingerprint density at radius 2 is 1.91 bits per heavy atom. The van der Waals surface area contributed by atoms with Gasteiger partial charge >= 0.3 is 0 Å². The van der Waals surface area contributed by atoms with E-state index in [9.17, 15) is 14.3 Å². The second kappa shape index (κ2) is 5.99. The fourth-order valence-corrected chi connectivity index (χ4v) is 2.29. The number of amides is 1. The molecular formula is C17H14FNO3. The van der Waals surface area contributed by atoms with Crippen molar-refractivity contribution in [1.82, 2.24) is 5.32 Å². The number of benzene rings is 2. The lowest BCUT2D eigenvalue weighted by atomic mass is 10.1. The Labute approximate surface area is 126 Å². The monoisotopic (exact) mass is 299 g/mol. The standard InChI is InChI=1S/C17H14FNO3/c18-14-7-3-6-11-8-15(22-16(11)14)17(21)19-9-12-4-1-2-5-13(12)10-20/h1-8,20H,9-10H2,(H,19,21). The van der Waals surface area contributed by atoms with Gasteiger partial charge in [-0.2, -0.15) is 0 Å². The van der Waals surface area contributed by atoms with E-state index in [1.807, 2.05) is 18.2 Å². The van der Waals surface area contributed by atoms with Gasteiger partial charge in [-0.05, 0) is 23.3 Å². The van der Waals surface area contributed by atoms with Gasteiger partial charge < -0.3 is 14.8 Å². The van der Waals surface area contributed by atoms with Gasteiger partial charge in [0.2, 0.25) is 0 Å². The Morgan fingerprint density at radius 1 is 1.14 bits per heavy atom. The molecule has 0 aliphatic heterocycles. The summed E-state index contributed by atoms with van der Waals surface area (Å²) < 4.78 is 18.8. The summed E-state index contributed by atoms with van der Waals surface area (Å²) in [5, 5.41) is 12.5. The van der Waals surface area contributed by atoms with E-state index in [2.05, 4.69) is 5.32 Å². The maximum Gasteiger partial charge on any atom is 0.287 e. The molecule has 3 aromatic rings. The minimum Gasteiger partial charge on any atom is -0.448 e. The molecule has 2 aromatic carbocycles. The van der Waals surface area contributed by atoms with Gasteiger partial charge in [-0.15, -0.1) is 0 Å². The average molecular weight is 299 g/mol. The maximum atomic E-state index is 13.6. The maximum absolute atomic E-state index is 13.6. The number of carbonyl (C=O) groups is 1. The van der Waals surface area contributed by atoms with Crippen molar-refractivity contribution >= 4 is 16.9 Å². The van der Waals surface area contributed by atoms with Gasteiger partial charge in [0.1, 0.15) is 0 Å². The summed E-state index contributed by atoms with van der Waals surface area (Å²) >= 11 is 0. The number of fused-ring (bicyclic) bond motifs is 1. The molecule has 1 heterocycles. The molecule has 22 heavy (non-hydrogen) atoms. The van der Waals surface area contributed by atoms with Crippen LogP contribution in [-0.4, -0.2) is 11.0 Å². The number of rotatable bonds is 4. The molecule has 0 spiro atoms. The van der Waals surface area contributed by atoms with Crippen LogP contribution in [0.3, 0.4) is 0 Å². The van der Waals surface area contributed by atoms with Crippen molar-refractivity contribution in [2.45, 2.75) is 13.2 Å². The third-order valence-corrected chi connectivity index (χ3v) is 3.45. The lowest BCUT2D eigenvalue weighted by Gasteiger charge is -2.07. The zero-order valence-electron chi connectivity index (χ0n) is 11.7. The SMILES string of the molecule is O=C(NCc1ccccc1CO)c1cc2cccc(F)c2o1. The summed E-state index contributed by atoms with van der Waals surface area (Å²) in [5.74, 6) is -0.868. The van der Waals surface area contributed by atoms with Crippen LogP contribution >= 0.6 is 0 Å². The summed E-state index contributed by atoms with van der Waals surface area (Å²) in [6.45, 7) is 0.164. The van der Waals surface area contributed by atoms with Crippen molar-refractivity contribution in [3.05, 3.63) is 71.2 Å². The first-order valence-electron chi connectivity index (χ1n) is 6.83. The lowest BCUT2D eigenvalue weighted by Crippen LogP contribution is -2.22. The van der Waals surface area contributed by atoms with Crippen molar-refractivity contribution in [3.63, 3.8) is 0 Å². The molecular weight excluding hydrogens is 285 g/mol. The molecule has 0 saturated heterocycles. The van der Waals surface area contributed by atoms with Gasteiger partial charge in [-0.3, -0.25) is 4.79 Å². The molecule has 3 rings (SSSR count). The molecule has 1 aromatic heterocycles. The van der Waals surface area contributed by atoms with Gasteiger partial charge in [0.15, 0.2) is 17.2 Å². The first kappa shape index (κ1) is 14.3. The number of furan rings is 1. The molecule has 0 aliphatic carbocycles. The number of hydrogen-bond acceptors (Lipinski definition) is 3. The predicted octanol–water partition coefficient (Wildman–Crippen LogP) is 2.99. The molecule has 2 N–H and O–H groups in total. The first-order chi connectivity index (χ1) is 10.7. The predicted molar refractivity (Wildman–Crippen MR) is 79.7 cm³/mol. The van der Waals surface area contributed by atoms with Crippen molar-refractivity contribution in [2.75, 3.05) is 0 Å². The molecule has 0 bridgehead atoms. The largest absolute Gasteiger partial charge is 0.448 e. The summed E-state index contributed by atoms with van der Waals surface area (Å²) in [4.78, 5) is 12.1. The van der Waals surface area contributed by atoms with E-state index in [0.29, 0.717) is 5.39 Å². The topological polar surface area (TPSA) is 62.5 Å². The number of aliphatic hydroxyl groups is 1. The Kier molecular flexibility index (Phi) is 3.89. The van der Waals surface area contributed by atoms with Crippen molar-refractivity contribution < 1.29 is 18.7 Å². The Balaban J connectivity index is 1.77. The number of carbonyl (C=O) groups excluding carboxylic acids is 1. The number of aliphatic hydroxyl groups excluding tert-OH is 1. The second-order valence-corrected chi connectivity index (χ2v) is 4.88. The van der Waals surface area contributed by atoms with Crippen LogP contribution in [0.5, 0.6) is 0 Å². The number of halogens is 1. The lowest BCUT2D eigenvalue weighted by molar-refractivity contribution is 0.0925. The van der Waals surface area contributed by atoms with Crippen molar-refractivity contribution in [2.24, 2.45) is 0 Å².